The van der Waals surface area contributed by atoms with E-state index in [1.165, 1.54) is 12.1 Å². The second-order valence-electron chi connectivity index (χ2n) is 7.87. The van der Waals surface area contributed by atoms with Gasteiger partial charge in [0.25, 0.3) is 0 Å². The van der Waals surface area contributed by atoms with Crippen LogP contribution in [-0.2, 0) is 4.74 Å². The molecule has 0 radical (unpaired) electrons. The maximum absolute atomic E-state index is 13.1. The number of ether oxygens (including phenoxy) is 2. The van der Waals surface area contributed by atoms with Gasteiger partial charge in [0.15, 0.2) is 0 Å². The van der Waals surface area contributed by atoms with Crippen LogP contribution in [0.25, 0.3) is 0 Å². The number of nitrogens with one attached hydrogen (secondary N) is 1. The Hall–Kier alpha value is -2.84. The van der Waals surface area contributed by atoms with Crippen molar-refractivity contribution in [1.29, 1.82) is 0 Å². The summed E-state index contributed by atoms with van der Waals surface area (Å²) < 4.78 is 23.8. The molecular weight excluding hydrogens is 413 g/mol. The zero-order valence-electron chi connectivity index (χ0n) is 18.5. The molecule has 2 N–H and O–H groups in total. The van der Waals surface area contributed by atoms with Crippen molar-refractivity contribution in [3.8, 4) is 5.75 Å². The number of amides is 1. The largest absolute Gasteiger partial charge is 0.491 e. The van der Waals surface area contributed by atoms with Gasteiger partial charge in [-0.3, -0.25) is 10.2 Å². The number of hydrogen-bond donors (Lipinski definition) is 2. The molecule has 0 spiro atoms. The number of carbonyl (C=O) groups excluding carboxylic acids is 1. The van der Waals surface area contributed by atoms with Gasteiger partial charge in [0.05, 0.1) is 6.61 Å². The number of hydrogen-bond acceptors (Lipinski definition) is 6. The maximum Gasteiger partial charge on any atom is 0.411 e. The number of unbranched alkanes of at least 4 members (excludes halogenated alkanes) is 1. The summed E-state index contributed by atoms with van der Waals surface area (Å²) in [6, 6.07) is 13.5. The quantitative estimate of drug-likeness (QED) is 0.543. The fourth-order valence-corrected chi connectivity index (χ4v) is 3.48. The van der Waals surface area contributed by atoms with E-state index in [1.54, 1.807) is 36.4 Å². The van der Waals surface area contributed by atoms with Gasteiger partial charge in [0.2, 0.25) is 0 Å². The first-order valence-corrected chi connectivity index (χ1v) is 11.1. The smallest absolute Gasteiger partial charge is 0.411 e. The van der Waals surface area contributed by atoms with Gasteiger partial charge in [-0.2, -0.15) is 0 Å². The SMILES string of the molecule is CCCCOC(=O)Nc1ccc(OCC(O)CN2CCN(c3ccc(F)cc3)CC2)cc1. The molecule has 32 heavy (non-hydrogen) atoms. The molecule has 7 nitrogen and oxygen atoms in total. The van der Waals surface area contributed by atoms with Crippen LogP contribution >= 0.6 is 0 Å². The number of piperazine rings is 1. The Bertz CT molecular complexity index is 824. The predicted octanol–water partition coefficient (Wildman–Crippen LogP) is 3.74. The van der Waals surface area contributed by atoms with Crippen molar-refractivity contribution in [2.75, 3.05) is 56.2 Å². The molecule has 8 heteroatoms. The third-order valence-electron chi connectivity index (χ3n) is 5.31. The van der Waals surface area contributed by atoms with E-state index in [2.05, 4.69) is 15.1 Å². The molecule has 0 aliphatic carbocycles. The number of nitrogens with zero attached hydrogens (tertiary/aromatic N) is 2. The van der Waals surface area contributed by atoms with Gasteiger partial charge in [-0.25, -0.2) is 9.18 Å². The second-order valence-corrected chi connectivity index (χ2v) is 7.87. The number of carbonyl (C=O) groups is 1. The average molecular weight is 446 g/mol. The Morgan fingerprint density at radius 2 is 1.78 bits per heavy atom. The highest BCUT2D eigenvalue weighted by atomic mass is 19.1. The molecule has 1 amide bonds. The molecule has 3 rings (SSSR count). The molecule has 1 atom stereocenters. The highest BCUT2D eigenvalue weighted by molar-refractivity contribution is 5.84. The number of benzene rings is 2. The van der Waals surface area contributed by atoms with Crippen LogP contribution in [0.15, 0.2) is 48.5 Å². The Kier molecular flexibility index (Phi) is 9.13. The highest BCUT2D eigenvalue weighted by Crippen LogP contribution is 2.18. The number of β-amino-alcohol motifs (C(OH)–C–C–N with tert-alkyl or cyclic N) is 1. The van der Waals surface area contributed by atoms with Gasteiger partial charge < -0.3 is 19.5 Å². The van der Waals surface area contributed by atoms with Crippen LogP contribution in [0.5, 0.6) is 5.75 Å². The van der Waals surface area contributed by atoms with Gasteiger partial charge in [-0.1, -0.05) is 13.3 Å². The molecule has 0 bridgehead atoms. The summed E-state index contributed by atoms with van der Waals surface area (Å²) in [4.78, 5) is 16.1. The molecule has 1 unspecified atom stereocenters. The van der Waals surface area contributed by atoms with E-state index >= 15 is 0 Å². The fourth-order valence-electron chi connectivity index (χ4n) is 3.48. The monoisotopic (exact) mass is 445 g/mol. The summed E-state index contributed by atoms with van der Waals surface area (Å²) >= 11 is 0. The van der Waals surface area contributed by atoms with Gasteiger partial charge in [-0.05, 0) is 55.0 Å². The fraction of sp³-hybridized carbons (Fsp3) is 0.458. The minimum absolute atomic E-state index is 0.185. The number of halogens is 1. The topological polar surface area (TPSA) is 74.3 Å². The van der Waals surface area contributed by atoms with E-state index in [0.29, 0.717) is 24.6 Å². The van der Waals surface area contributed by atoms with E-state index < -0.39 is 12.2 Å². The van der Waals surface area contributed by atoms with Crippen LogP contribution in [0, 0.1) is 5.82 Å². The number of rotatable bonds is 10. The molecule has 2 aromatic carbocycles. The van der Waals surface area contributed by atoms with Crippen molar-refractivity contribution in [3.63, 3.8) is 0 Å². The van der Waals surface area contributed by atoms with Crippen LogP contribution in [0.2, 0.25) is 0 Å². The molecule has 1 saturated heterocycles. The van der Waals surface area contributed by atoms with Gasteiger partial charge in [0.1, 0.15) is 24.3 Å². The zero-order chi connectivity index (χ0) is 22.8. The highest BCUT2D eigenvalue weighted by Gasteiger charge is 2.20. The zero-order valence-corrected chi connectivity index (χ0v) is 18.5. The van der Waals surface area contributed by atoms with Crippen molar-refractivity contribution in [3.05, 3.63) is 54.3 Å². The van der Waals surface area contributed by atoms with Crippen LogP contribution in [0.3, 0.4) is 0 Å². The van der Waals surface area contributed by atoms with Crippen molar-refractivity contribution in [1.82, 2.24) is 4.90 Å². The van der Waals surface area contributed by atoms with Gasteiger partial charge in [-0.15, -0.1) is 0 Å². The normalized spacial score (nSPS) is 15.3. The van der Waals surface area contributed by atoms with Crippen molar-refractivity contribution in [2.24, 2.45) is 0 Å². The van der Waals surface area contributed by atoms with Crippen molar-refractivity contribution < 1.29 is 23.8 Å². The molecule has 2 aromatic rings. The lowest BCUT2D eigenvalue weighted by Gasteiger charge is -2.36. The summed E-state index contributed by atoms with van der Waals surface area (Å²) in [5, 5.41) is 13.0. The van der Waals surface area contributed by atoms with E-state index in [-0.39, 0.29) is 12.4 Å². The summed E-state index contributed by atoms with van der Waals surface area (Å²) in [5.41, 5.74) is 1.64. The molecule has 174 valence electrons. The number of aliphatic hydroxyl groups is 1. The standard InChI is InChI=1S/C24H32FN3O4/c1-2-3-16-31-24(30)26-20-6-10-23(11-7-20)32-18-22(29)17-27-12-14-28(15-13-27)21-8-4-19(25)5-9-21/h4-11,22,29H,2-3,12-18H2,1H3,(H,26,30). The maximum atomic E-state index is 13.1. The Morgan fingerprint density at radius 3 is 2.44 bits per heavy atom. The van der Waals surface area contributed by atoms with E-state index in [0.717, 1.165) is 44.7 Å². The molecule has 0 saturated carbocycles. The van der Waals surface area contributed by atoms with E-state index in [1.807, 2.05) is 6.92 Å². The first-order valence-electron chi connectivity index (χ1n) is 11.1. The Morgan fingerprint density at radius 1 is 1.09 bits per heavy atom. The first kappa shape index (κ1) is 23.8. The molecule has 1 aliphatic rings. The third kappa shape index (κ3) is 7.69. The lowest BCUT2D eigenvalue weighted by atomic mass is 10.2. The molecule has 0 aromatic heterocycles. The third-order valence-corrected chi connectivity index (χ3v) is 5.31. The summed E-state index contributed by atoms with van der Waals surface area (Å²) in [5.74, 6) is 0.390. The molecule has 1 aliphatic heterocycles. The van der Waals surface area contributed by atoms with E-state index in [9.17, 15) is 14.3 Å². The average Bonchev–Trinajstić information content (AvgIpc) is 2.80. The van der Waals surface area contributed by atoms with Gasteiger partial charge in [0, 0.05) is 44.1 Å². The lowest BCUT2D eigenvalue weighted by molar-refractivity contribution is 0.0663. The summed E-state index contributed by atoms with van der Waals surface area (Å²) in [6.45, 7) is 6.45. The Balaban J connectivity index is 1.34. The van der Waals surface area contributed by atoms with Crippen LogP contribution in [0.4, 0.5) is 20.6 Å². The lowest BCUT2D eigenvalue weighted by Crippen LogP contribution is -2.49. The van der Waals surface area contributed by atoms with Crippen molar-refractivity contribution >= 4 is 17.5 Å². The minimum Gasteiger partial charge on any atom is -0.491 e. The summed E-state index contributed by atoms with van der Waals surface area (Å²) in [6.07, 6.45) is 0.727. The predicted molar refractivity (Wildman–Crippen MR) is 123 cm³/mol. The Labute approximate surface area is 188 Å². The van der Waals surface area contributed by atoms with Crippen LogP contribution in [0.1, 0.15) is 19.8 Å². The molecule has 1 fully saturated rings. The van der Waals surface area contributed by atoms with Crippen LogP contribution < -0.4 is 15.0 Å². The van der Waals surface area contributed by atoms with Crippen molar-refractivity contribution in [2.45, 2.75) is 25.9 Å². The minimum atomic E-state index is -0.612. The van der Waals surface area contributed by atoms with Gasteiger partial charge >= 0.3 is 6.09 Å². The first-order chi connectivity index (χ1) is 15.5. The molecule has 1 heterocycles. The van der Waals surface area contributed by atoms with E-state index in [4.69, 9.17) is 9.47 Å². The van der Waals surface area contributed by atoms with Crippen LogP contribution in [-0.4, -0.2) is 68.1 Å². The summed E-state index contributed by atoms with van der Waals surface area (Å²) in [7, 11) is 0. The molecular formula is C24H32FN3O4. The number of aliphatic hydroxyl groups excluding tert-OH is 1. The second kappa shape index (κ2) is 12.3. The number of anilines is 2.